The lowest BCUT2D eigenvalue weighted by molar-refractivity contribution is -0.122. The molecule has 0 radical (unpaired) electrons. The molecule has 0 aromatic heterocycles. The molecule has 1 aromatic rings. The van der Waals surface area contributed by atoms with Crippen LogP contribution in [-0.4, -0.2) is 38.3 Å². The minimum absolute atomic E-state index is 0.0164. The van der Waals surface area contributed by atoms with Crippen LogP contribution in [0.4, 0.5) is 0 Å². The molecular formula is C17H26N2O3. The summed E-state index contributed by atoms with van der Waals surface area (Å²) in [6.07, 6.45) is 1.44. The molecule has 2 N–H and O–H groups in total. The van der Waals surface area contributed by atoms with Crippen LogP contribution in [0.25, 0.3) is 0 Å². The van der Waals surface area contributed by atoms with Crippen LogP contribution < -0.4 is 15.4 Å². The Balaban J connectivity index is 1.80. The lowest BCUT2D eigenvalue weighted by atomic mass is 10.1. The summed E-state index contributed by atoms with van der Waals surface area (Å²) in [4.78, 5) is 12.1. The maximum atomic E-state index is 12.1. The molecule has 22 heavy (non-hydrogen) atoms. The van der Waals surface area contributed by atoms with E-state index in [2.05, 4.69) is 17.6 Å². The molecule has 0 aliphatic carbocycles. The van der Waals surface area contributed by atoms with E-state index in [4.69, 9.17) is 9.47 Å². The number of benzene rings is 1. The van der Waals surface area contributed by atoms with Crippen molar-refractivity contribution in [1.29, 1.82) is 0 Å². The molecule has 2 rings (SSSR count). The zero-order valence-electron chi connectivity index (χ0n) is 13.4. The van der Waals surface area contributed by atoms with Crippen LogP contribution in [0, 0.1) is 0 Å². The molecule has 0 spiro atoms. The van der Waals surface area contributed by atoms with Crippen LogP contribution in [0.15, 0.2) is 24.3 Å². The monoisotopic (exact) mass is 306 g/mol. The lowest BCUT2D eigenvalue weighted by Crippen LogP contribution is -2.44. The molecule has 1 heterocycles. The van der Waals surface area contributed by atoms with Crippen molar-refractivity contribution in [2.45, 2.75) is 38.8 Å². The van der Waals surface area contributed by atoms with Gasteiger partial charge in [-0.3, -0.25) is 4.79 Å². The lowest BCUT2D eigenvalue weighted by Gasteiger charge is -2.24. The van der Waals surface area contributed by atoms with Gasteiger partial charge in [0.25, 0.3) is 0 Å². The Morgan fingerprint density at radius 2 is 2.23 bits per heavy atom. The maximum Gasteiger partial charge on any atom is 0.222 e. The largest absolute Gasteiger partial charge is 0.494 e. The second-order valence-corrected chi connectivity index (χ2v) is 5.64. The molecule has 122 valence electrons. The van der Waals surface area contributed by atoms with Crippen LogP contribution in [0.3, 0.4) is 0 Å². The van der Waals surface area contributed by atoms with E-state index < -0.39 is 0 Å². The Bertz CT molecular complexity index is 455. The van der Waals surface area contributed by atoms with Gasteiger partial charge in [-0.05, 0) is 31.0 Å². The first kappa shape index (κ1) is 16.8. The smallest absolute Gasteiger partial charge is 0.222 e. The van der Waals surface area contributed by atoms with Gasteiger partial charge < -0.3 is 20.1 Å². The fourth-order valence-corrected chi connectivity index (χ4v) is 2.43. The number of hydrogen-bond acceptors (Lipinski definition) is 4. The predicted molar refractivity (Wildman–Crippen MR) is 86.0 cm³/mol. The number of carbonyl (C=O) groups excluding carboxylic acids is 1. The van der Waals surface area contributed by atoms with Crippen molar-refractivity contribution in [1.82, 2.24) is 10.6 Å². The molecule has 1 fully saturated rings. The van der Waals surface area contributed by atoms with E-state index in [-0.39, 0.29) is 18.0 Å². The van der Waals surface area contributed by atoms with Gasteiger partial charge in [0.1, 0.15) is 5.75 Å². The van der Waals surface area contributed by atoms with Gasteiger partial charge in [-0.2, -0.15) is 0 Å². The second kappa shape index (κ2) is 8.76. The highest BCUT2D eigenvalue weighted by atomic mass is 16.5. The molecule has 1 aliphatic heterocycles. The number of hydrogen-bond donors (Lipinski definition) is 2. The summed E-state index contributed by atoms with van der Waals surface area (Å²) in [6.45, 7) is 6.93. The van der Waals surface area contributed by atoms with Crippen molar-refractivity contribution in [3.63, 3.8) is 0 Å². The predicted octanol–water partition coefficient (Wildman–Crippen LogP) is 2.03. The van der Waals surface area contributed by atoms with Gasteiger partial charge in [-0.25, -0.2) is 0 Å². The van der Waals surface area contributed by atoms with Crippen molar-refractivity contribution >= 4 is 5.91 Å². The Hall–Kier alpha value is -1.59. The molecule has 5 nitrogen and oxygen atoms in total. The zero-order chi connectivity index (χ0) is 15.8. The first-order chi connectivity index (χ1) is 10.7. The third kappa shape index (κ3) is 5.31. The van der Waals surface area contributed by atoms with E-state index in [9.17, 15) is 4.79 Å². The molecule has 2 atom stereocenters. The van der Waals surface area contributed by atoms with E-state index in [0.717, 1.165) is 37.5 Å². The Morgan fingerprint density at radius 1 is 1.45 bits per heavy atom. The third-order valence-electron chi connectivity index (χ3n) is 3.66. The van der Waals surface area contributed by atoms with Crippen molar-refractivity contribution in [3.05, 3.63) is 29.8 Å². The van der Waals surface area contributed by atoms with Crippen molar-refractivity contribution in [2.24, 2.45) is 0 Å². The molecule has 1 saturated heterocycles. The average Bonchev–Trinajstić information content (AvgIpc) is 2.54. The first-order valence-corrected chi connectivity index (χ1v) is 8.02. The zero-order valence-corrected chi connectivity index (χ0v) is 13.4. The Morgan fingerprint density at radius 3 is 2.86 bits per heavy atom. The summed E-state index contributed by atoms with van der Waals surface area (Å²) in [5.41, 5.74) is 1.07. The highest BCUT2D eigenvalue weighted by Gasteiger charge is 2.18. The highest BCUT2D eigenvalue weighted by molar-refractivity contribution is 5.77. The molecular weight excluding hydrogens is 280 g/mol. The van der Waals surface area contributed by atoms with Gasteiger partial charge in [-0.15, -0.1) is 0 Å². The Labute approximate surface area is 132 Å². The van der Waals surface area contributed by atoms with E-state index in [1.165, 1.54) is 0 Å². The molecule has 1 aliphatic rings. The fraction of sp³-hybridized carbons (Fsp3) is 0.588. The summed E-state index contributed by atoms with van der Waals surface area (Å²) in [5.74, 6) is 0.912. The molecule has 2 unspecified atom stereocenters. The first-order valence-electron chi connectivity index (χ1n) is 8.02. The standard InChI is InChI=1S/C17H26N2O3/c1-3-9-22-16-6-4-14(5-7-16)13(2)19-17(20)11-15-12-21-10-8-18-15/h4-7,13,15,18H,3,8-12H2,1-2H3,(H,19,20). The quantitative estimate of drug-likeness (QED) is 0.809. The number of nitrogens with one attached hydrogen (secondary N) is 2. The van der Waals surface area contributed by atoms with E-state index in [1.54, 1.807) is 0 Å². The van der Waals surface area contributed by atoms with Crippen molar-refractivity contribution in [3.8, 4) is 5.75 Å². The van der Waals surface area contributed by atoms with E-state index in [1.807, 2.05) is 31.2 Å². The van der Waals surface area contributed by atoms with Crippen LogP contribution in [-0.2, 0) is 9.53 Å². The molecule has 5 heteroatoms. The number of ether oxygens (including phenoxy) is 2. The van der Waals surface area contributed by atoms with Gasteiger partial charge in [0, 0.05) is 19.0 Å². The molecule has 1 aromatic carbocycles. The van der Waals surface area contributed by atoms with E-state index >= 15 is 0 Å². The third-order valence-corrected chi connectivity index (χ3v) is 3.66. The van der Waals surface area contributed by atoms with Gasteiger partial charge in [-0.1, -0.05) is 19.1 Å². The van der Waals surface area contributed by atoms with Crippen LogP contribution in [0.1, 0.15) is 38.3 Å². The summed E-state index contributed by atoms with van der Waals surface area (Å²) in [7, 11) is 0. The number of amides is 1. The summed E-state index contributed by atoms with van der Waals surface area (Å²) in [5, 5.41) is 6.32. The highest BCUT2D eigenvalue weighted by Crippen LogP contribution is 2.18. The number of morpholine rings is 1. The summed E-state index contributed by atoms with van der Waals surface area (Å²) < 4.78 is 10.9. The van der Waals surface area contributed by atoms with Crippen LogP contribution in [0.2, 0.25) is 0 Å². The van der Waals surface area contributed by atoms with Crippen molar-refractivity contribution in [2.75, 3.05) is 26.4 Å². The van der Waals surface area contributed by atoms with Gasteiger partial charge in [0.2, 0.25) is 5.91 Å². The van der Waals surface area contributed by atoms with Crippen molar-refractivity contribution < 1.29 is 14.3 Å². The summed E-state index contributed by atoms with van der Waals surface area (Å²) in [6, 6.07) is 7.99. The second-order valence-electron chi connectivity index (χ2n) is 5.64. The average molecular weight is 306 g/mol. The topological polar surface area (TPSA) is 59.6 Å². The minimum atomic E-state index is -0.0164. The van der Waals surface area contributed by atoms with Crippen LogP contribution in [0.5, 0.6) is 5.75 Å². The number of rotatable bonds is 7. The van der Waals surface area contributed by atoms with E-state index in [0.29, 0.717) is 13.0 Å². The molecule has 1 amide bonds. The number of carbonyl (C=O) groups is 1. The van der Waals surface area contributed by atoms with Gasteiger partial charge in [0.05, 0.1) is 25.9 Å². The molecule has 0 bridgehead atoms. The normalized spacial score (nSPS) is 19.5. The Kier molecular flexibility index (Phi) is 6.68. The van der Waals surface area contributed by atoms with Gasteiger partial charge >= 0.3 is 0 Å². The van der Waals surface area contributed by atoms with Crippen LogP contribution >= 0.6 is 0 Å². The minimum Gasteiger partial charge on any atom is -0.494 e. The van der Waals surface area contributed by atoms with Gasteiger partial charge in [0.15, 0.2) is 0 Å². The maximum absolute atomic E-state index is 12.1. The molecule has 0 saturated carbocycles. The fourth-order valence-electron chi connectivity index (χ4n) is 2.43. The summed E-state index contributed by atoms with van der Waals surface area (Å²) >= 11 is 0. The SMILES string of the molecule is CCCOc1ccc(C(C)NC(=O)CC2COCCN2)cc1.